The monoisotopic (exact) mass is 240 g/mol. The Morgan fingerprint density at radius 2 is 1.83 bits per heavy atom. The Kier molecular flexibility index (Phi) is 3.56. The molecule has 2 rings (SSSR count). The Morgan fingerprint density at radius 1 is 1.11 bits per heavy atom. The molecule has 2 nitrogen and oxygen atoms in total. The molecule has 0 fully saturated rings. The van der Waals surface area contributed by atoms with Gasteiger partial charge in [0.1, 0.15) is 0 Å². The molecule has 0 radical (unpaired) electrons. The summed E-state index contributed by atoms with van der Waals surface area (Å²) in [5, 5.41) is 0. The van der Waals surface area contributed by atoms with Gasteiger partial charge in [0.15, 0.2) is 0 Å². The van der Waals surface area contributed by atoms with Gasteiger partial charge in [0.2, 0.25) is 11.6 Å². The van der Waals surface area contributed by atoms with E-state index >= 15 is 0 Å². The number of Topliss-reactive ketones (excluding diaryl/α,β-unsaturated/α-hetero) is 2. The maximum absolute atomic E-state index is 11.9. The van der Waals surface area contributed by atoms with E-state index in [2.05, 4.69) is 13.8 Å². The summed E-state index contributed by atoms with van der Waals surface area (Å²) in [6.07, 6.45) is 6.40. The highest BCUT2D eigenvalue weighted by atomic mass is 16.2. The van der Waals surface area contributed by atoms with Gasteiger partial charge in [-0.25, -0.2) is 0 Å². The SMILES string of the molecule is CC(C)CC=CC1=Cc2ccccc2C(=O)C1=O. The summed E-state index contributed by atoms with van der Waals surface area (Å²) in [6.45, 7) is 4.23. The van der Waals surface area contributed by atoms with Crippen LogP contribution in [0.4, 0.5) is 0 Å². The molecule has 0 heterocycles. The highest BCUT2D eigenvalue weighted by Crippen LogP contribution is 2.22. The summed E-state index contributed by atoms with van der Waals surface area (Å²) in [7, 11) is 0. The van der Waals surface area contributed by atoms with E-state index in [9.17, 15) is 9.59 Å². The standard InChI is InChI=1S/C16H16O2/c1-11(2)6-5-8-13-10-12-7-3-4-9-14(12)16(18)15(13)17/h3-5,7-11H,6H2,1-2H3. The van der Waals surface area contributed by atoms with Crippen LogP contribution in [0.15, 0.2) is 42.0 Å². The van der Waals surface area contributed by atoms with Gasteiger partial charge in [-0.2, -0.15) is 0 Å². The zero-order chi connectivity index (χ0) is 13.1. The lowest BCUT2D eigenvalue weighted by Crippen LogP contribution is -2.20. The molecule has 1 aliphatic carbocycles. The molecule has 0 aromatic heterocycles. The molecule has 0 amide bonds. The van der Waals surface area contributed by atoms with Crippen LogP contribution >= 0.6 is 0 Å². The van der Waals surface area contributed by atoms with Crippen molar-refractivity contribution in [2.75, 3.05) is 0 Å². The summed E-state index contributed by atoms with van der Waals surface area (Å²) in [5.74, 6) is -0.269. The van der Waals surface area contributed by atoms with Crippen LogP contribution in [0.5, 0.6) is 0 Å². The Morgan fingerprint density at radius 3 is 2.56 bits per heavy atom. The number of ketones is 2. The average molecular weight is 240 g/mol. The molecule has 0 unspecified atom stereocenters. The maximum atomic E-state index is 11.9. The largest absolute Gasteiger partial charge is 0.285 e. The first kappa shape index (κ1) is 12.5. The van der Waals surface area contributed by atoms with E-state index in [1.807, 2.05) is 18.2 Å². The number of benzene rings is 1. The molecule has 1 aliphatic rings. The molecule has 0 aliphatic heterocycles. The quantitative estimate of drug-likeness (QED) is 0.758. The van der Waals surface area contributed by atoms with Gasteiger partial charge >= 0.3 is 0 Å². The van der Waals surface area contributed by atoms with Crippen LogP contribution in [-0.4, -0.2) is 11.6 Å². The average Bonchev–Trinajstić information content (AvgIpc) is 2.35. The van der Waals surface area contributed by atoms with E-state index in [1.54, 1.807) is 24.3 Å². The molecule has 92 valence electrons. The molecule has 1 aromatic rings. The van der Waals surface area contributed by atoms with Crippen molar-refractivity contribution in [3.63, 3.8) is 0 Å². The van der Waals surface area contributed by atoms with E-state index in [0.29, 0.717) is 17.1 Å². The number of hydrogen-bond donors (Lipinski definition) is 0. The van der Waals surface area contributed by atoms with Crippen molar-refractivity contribution < 1.29 is 9.59 Å². The summed E-state index contributed by atoms with van der Waals surface area (Å²) in [6, 6.07) is 7.20. The summed E-state index contributed by atoms with van der Waals surface area (Å²) < 4.78 is 0. The van der Waals surface area contributed by atoms with E-state index in [4.69, 9.17) is 0 Å². The van der Waals surface area contributed by atoms with E-state index in [1.165, 1.54) is 0 Å². The van der Waals surface area contributed by atoms with Crippen molar-refractivity contribution in [1.29, 1.82) is 0 Å². The number of fused-ring (bicyclic) bond motifs is 1. The first-order chi connectivity index (χ1) is 8.59. The van der Waals surface area contributed by atoms with Crippen LogP contribution in [0.25, 0.3) is 6.08 Å². The molecule has 0 N–H and O–H groups in total. The second kappa shape index (κ2) is 5.13. The zero-order valence-electron chi connectivity index (χ0n) is 10.6. The van der Waals surface area contributed by atoms with E-state index in [-0.39, 0.29) is 0 Å². The molecule has 1 aromatic carbocycles. The predicted molar refractivity (Wildman–Crippen MR) is 72.4 cm³/mol. The maximum Gasteiger partial charge on any atom is 0.234 e. The fraction of sp³-hybridized carbons (Fsp3) is 0.250. The lowest BCUT2D eigenvalue weighted by atomic mass is 9.89. The van der Waals surface area contributed by atoms with Crippen LogP contribution in [0, 0.1) is 5.92 Å². The topological polar surface area (TPSA) is 34.1 Å². The third-order valence-corrected chi connectivity index (χ3v) is 2.89. The Bertz CT molecular complexity index is 548. The van der Waals surface area contributed by atoms with E-state index in [0.717, 1.165) is 12.0 Å². The number of hydrogen-bond acceptors (Lipinski definition) is 2. The van der Waals surface area contributed by atoms with Crippen molar-refractivity contribution in [1.82, 2.24) is 0 Å². The van der Waals surface area contributed by atoms with E-state index < -0.39 is 11.6 Å². The number of allylic oxidation sites excluding steroid dienone is 3. The third kappa shape index (κ3) is 2.48. The molecule has 0 saturated heterocycles. The third-order valence-electron chi connectivity index (χ3n) is 2.89. The van der Waals surface area contributed by atoms with Crippen molar-refractivity contribution >= 4 is 17.6 Å². The van der Waals surface area contributed by atoms with Gasteiger partial charge in [0.05, 0.1) is 0 Å². The smallest absolute Gasteiger partial charge is 0.234 e. The van der Waals surface area contributed by atoms with Crippen LogP contribution < -0.4 is 0 Å². The van der Waals surface area contributed by atoms with Gasteiger partial charge < -0.3 is 0 Å². The molecule has 0 saturated carbocycles. The Hall–Kier alpha value is -1.96. The lowest BCUT2D eigenvalue weighted by Gasteiger charge is -2.11. The van der Waals surface area contributed by atoms with Crippen LogP contribution in [0.3, 0.4) is 0 Å². The van der Waals surface area contributed by atoms with Crippen LogP contribution in [0.1, 0.15) is 36.2 Å². The number of rotatable bonds is 3. The lowest BCUT2D eigenvalue weighted by molar-refractivity contribution is -0.111. The minimum absolute atomic E-state index is 0.405. The highest BCUT2D eigenvalue weighted by molar-refractivity contribution is 6.52. The molecule has 18 heavy (non-hydrogen) atoms. The molecular formula is C16H16O2. The first-order valence-electron chi connectivity index (χ1n) is 6.16. The molecule has 0 atom stereocenters. The summed E-state index contributed by atoms with van der Waals surface area (Å²) in [4.78, 5) is 23.8. The molecule has 2 heteroatoms. The fourth-order valence-electron chi connectivity index (χ4n) is 1.91. The number of carbonyl (C=O) groups excluding carboxylic acids is 2. The normalized spacial score (nSPS) is 15.2. The van der Waals surface area contributed by atoms with Crippen molar-refractivity contribution in [2.24, 2.45) is 5.92 Å². The molecule has 0 spiro atoms. The molecular weight excluding hydrogens is 224 g/mol. The van der Waals surface area contributed by atoms with Gasteiger partial charge in [-0.1, -0.05) is 50.3 Å². The van der Waals surface area contributed by atoms with Crippen LogP contribution in [-0.2, 0) is 4.79 Å². The summed E-state index contributed by atoms with van der Waals surface area (Å²) >= 11 is 0. The van der Waals surface area contributed by atoms with Gasteiger partial charge in [0.25, 0.3) is 0 Å². The zero-order valence-corrected chi connectivity index (χ0v) is 10.6. The highest BCUT2D eigenvalue weighted by Gasteiger charge is 2.25. The first-order valence-corrected chi connectivity index (χ1v) is 6.16. The van der Waals surface area contributed by atoms with Gasteiger partial charge in [-0.15, -0.1) is 0 Å². The van der Waals surface area contributed by atoms with Gasteiger partial charge in [0, 0.05) is 11.1 Å². The molecule has 0 bridgehead atoms. The van der Waals surface area contributed by atoms with Crippen molar-refractivity contribution in [3.8, 4) is 0 Å². The van der Waals surface area contributed by atoms with Crippen molar-refractivity contribution in [3.05, 3.63) is 53.1 Å². The second-order valence-corrected chi connectivity index (χ2v) is 4.88. The minimum Gasteiger partial charge on any atom is -0.285 e. The summed E-state index contributed by atoms with van der Waals surface area (Å²) in [5.41, 5.74) is 1.81. The van der Waals surface area contributed by atoms with Gasteiger partial charge in [-0.05, 0) is 24.0 Å². The minimum atomic E-state index is -0.409. The second-order valence-electron chi connectivity index (χ2n) is 4.88. The van der Waals surface area contributed by atoms with Crippen LogP contribution in [0.2, 0.25) is 0 Å². The number of carbonyl (C=O) groups is 2. The Balaban J connectivity index is 2.32. The predicted octanol–water partition coefficient (Wildman–Crippen LogP) is 3.44. The fourth-order valence-corrected chi connectivity index (χ4v) is 1.91. The Labute approximate surface area is 107 Å². The van der Waals surface area contributed by atoms with Gasteiger partial charge in [-0.3, -0.25) is 9.59 Å². The van der Waals surface area contributed by atoms with Crippen molar-refractivity contribution in [2.45, 2.75) is 20.3 Å².